The highest BCUT2D eigenvalue weighted by Crippen LogP contribution is 2.21. The number of aromatic nitrogens is 4. The third-order valence-electron chi connectivity index (χ3n) is 3.10. The van der Waals surface area contributed by atoms with Gasteiger partial charge in [-0.15, -0.1) is 10.2 Å². The van der Waals surface area contributed by atoms with E-state index < -0.39 is 0 Å². The van der Waals surface area contributed by atoms with Crippen LogP contribution in [0.25, 0.3) is 11.4 Å². The van der Waals surface area contributed by atoms with Crippen LogP contribution in [0.2, 0.25) is 0 Å². The molecular formula is C15H21N5O2S. The van der Waals surface area contributed by atoms with E-state index in [2.05, 4.69) is 20.5 Å². The van der Waals surface area contributed by atoms with Crippen LogP contribution in [0.1, 0.15) is 13.3 Å². The molecule has 0 aliphatic rings. The van der Waals surface area contributed by atoms with Gasteiger partial charge in [-0.05, 0) is 25.5 Å². The molecule has 2 aromatic heterocycles. The lowest BCUT2D eigenvalue weighted by Crippen LogP contribution is -2.27. The van der Waals surface area contributed by atoms with Gasteiger partial charge < -0.3 is 14.6 Å². The number of nitrogens with one attached hydrogen (secondary N) is 1. The van der Waals surface area contributed by atoms with E-state index in [1.54, 1.807) is 12.4 Å². The van der Waals surface area contributed by atoms with Crippen molar-refractivity contribution in [3.63, 3.8) is 0 Å². The molecule has 0 unspecified atom stereocenters. The molecule has 0 aliphatic heterocycles. The minimum atomic E-state index is -0.0139. The van der Waals surface area contributed by atoms with Gasteiger partial charge in [-0.1, -0.05) is 11.8 Å². The maximum atomic E-state index is 11.8. The first-order valence-electron chi connectivity index (χ1n) is 7.49. The van der Waals surface area contributed by atoms with Crippen LogP contribution in [-0.2, 0) is 16.6 Å². The number of carbonyl (C=O) groups excluding carboxylic acids is 1. The van der Waals surface area contributed by atoms with E-state index in [0.717, 1.165) is 17.8 Å². The van der Waals surface area contributed by atoms with E-state index in [0.29, 0.717) is 30.7 Å². The lowest BCUT2D eigenvalue weighted by Gasteiger charge is -2.05. The molecule has 124 valence electrons. The summed E-state index contributed by atoms with van der Waals surface area (Å²) in [6.45, 7) is 3.95. The van der Waals surface area contributed by atoms with Gasteiger partial charge in [-0.3, -0.25) is 9.78 Å². The first kappa shape index (κ1) is 17.4. The van der Waals surface area contributed by atoms with Gasteiger partial charge >= 0.3 is 0 Å². The molecule has 0 radical (unpaired) electrons. The van der Waals surface area contributed by atoms with Crippen LogP contribution in [0.5, 0.6) is 0 Å². The number of rotatable bonds is 9. The molecular weight excluding hydrogens is 314 g/mol. The lowest BCUT2D eigenvalue weighted by molar-refractivity contribution is -0.118. The number of amides is 1. The molecule has 2 rings (SSSR count). The van der Waals surface area contributed by atoms with E-state index in [9.17, 15) is 4.79 Å². The number of ether oxygens (including phenoxy) is 1. The SMILES string of the molecule is CCOCCCNC(=O)CSc1nnc(-c2ccncc2)n1C. The van der Waals surface area contributed by atoms with Crippen LogP contribution in [0.4, 0.5) is 0 Å². The Morgan fingerprint density at radius 3 is 2.87 bits per heavy atom. The molecule has 2 heterocycles. The Morgan fingerprint density at radius 2 is 2.13 bits per heavy atom. The third kappa shape index (κ3) is 5.33. The Bertz CT molecular complexity index is 618. The highest BCUT2D eigenvalue weighted by atomic mass is 32.2. The zero-order chi connectivity index (χ0) is 16.5. The van der Waals surface area contributed by atoms with Crippen LogP contribution in [0.15, 0.2) is 29.7 Å². The lowest BCUT2D eigenvalue weighted by atomic mass is 10.2. The van der Waals surface area contributed by atoms with E-state index >= 15 is 0 Å². The molecule has 0 spiro atoms. The smallest absolute Gasteiger partial charge is 0.230 e. The van der Waals surface area contributed by atoms with Crippen molar-refractivity contribution >= 4 is 17.7 Å². The van der Waals surface area contributed by atoms with Crippen LogP contribution in [0, 0.1) is 0 Å². The molecule has 23 heavy (non-hydrogen) atoms. The van der Waals surface area contributed by atoms with Crippen molar-refractivity contribution in [3.8, 4) is 11.4 Å². The molecule has 0 atom stereocenters. The maximum Gasteiger partial charge on any atom is 0.230 e. The summed E-state index contributed by atoms with van der Waals surface area (Å²) in [5, 5.41) is 11.9. The second kappa shape index (κ2) is 9.26. The maximum absolute atomic E-state index is 11.8. The predicted molar refractivity (Wildman–Crippen MR) is 89.1 cm³/mol. The van der Waals surface area contributed by atoms with Gasteiger partial charge in [0.1, 0.15) is 0 Å². The number of nitrogens with zero attached hydrogens (tertiary/aromatic N) is 4. The van der Waals surface area contributed by atoms with Gasteiger partial charge in [0, 0.05) is 44.8 Å². The molecule has 1 N–H and O–H groups in total. The van der Waals surface area contributed by atoms with E-state index in [1.165, 1.54) is 11.8 Å². The predicted octanol–water partition coefficient (Wildman–Crippen LogP) is 1.51. The van der Waals surface area contributed by atoms with Crippen LogP contribution >= 0.6 is 11.8 Å². The second-order valence-corrected chi connectivity index (χ2v) is 5.73. The van der Waals surface area contributed by atoms with Gasteiger partial charge in [-0.25, -0.2) is 0 Å². The topological polar surface area (TPSA) is 81.9 Å². The Hall–Kier alpha value is -1.93. The number of hydrogen-bond donors (Lipinski definition) is 1. The molecule has 2 aromatic rings. The average molecular weight is 335 g/mol. The number of carbonyl (C=O) groups is 1. The zero-order valence-corrected chi connectivity index (χ0v) is 14.2. The monoisotopic (exact) mass is 335 g/mol. The first-order chi connectivity index (χ1) is 11.2. The van der Waals surface area contributed by atoms with Crippen molar-refractivity contribution in [1.29, 1.82) is 0 Å². The van der Waals surface area contributed by atoms with Crippen molar-refractivity contribution < 1.29 is 9.53 Å². The van der Waals surface area contributed by atoms with E-state index in [-0.39, 0.29) is 5.91 Å². The molecule has 0 saturated carbocycles. The molecule has 0 fully saturated rings. The summed E-state index contributed by atoms with van der Waals surface area (Å²) in [4.78, 5) is 15.8. The Kier molecular flexibility index (Phi) is 7.02. The summed E-state index contributed by atoms with van der Waals surface area (Å²) in [6.07, 6.45) is 4.25. The van der Waals surface area contributed by atoms with Gasteiger partial charge in [0.15, 0.2) is 11.0 Å². The minimum Gasteiger partial charge on any atom is -0.382 e. The number of hydrogen-bond acceptors (Lipinski definition) is 6. The Labute approximate surface area is 139 Å². The van der Waals surface area contributed by atoms with Gasteiger partial charge in [0.05, 0.1) is 5.75 Å². The summed E-state index contributed by atoms with van der Waals surface area (Å²) in [7, 11) is 1.89. The fourth-order valence-corrected chi connectivity index (χ4v) is 2.66. The van der Waals surface area contributed by atoms with Crippen LogP contribution < -0.4 is 5.32 Å². The number of pyridine rings is 1. The molecule has 0 aliphatic carbocycles. The molecule has 0 aromatic carbocycles. The van der Waals surface area contributed by atoms with Crippen molar-refractivity contribution in [3.05, 3.63) is 24.5 Å². The van der Waals surface area contributed by atoms with Crippen molar-refractivity contribution in [2.24, 2.45) is 7.05 Å². The van der Waals surface area contributed by atoms with Crippen LogP contribution in [-0.4, -0.2) is 51.2 Å². The summed E-state index contributed by atoms with van der Waals surface area (Å²) in [6, 6.07) is 3.76. The summed E-state index contributed by atoms with van der Waals surface area (Å²) in [5.41, 5.74) is 0.947. The fourth-order valence-electron chi connectivity index (χ4n) is 1.92. The first-order valence-corrected chi connectivity index (χ1v) is 8.48. The largest absolute Gasteiger partial charge is 0.382 e. The summed E-state index contributed by atoms with van der Waals surface area (Å²) in [5.74, 6) is 1.06. The normalized spacial score (nSPS) is 10.7. The highest BCUT2D eigenvalue weighted by Gasteiger charge is 2.12. The minimum absolute atomic E-state index is 0.0139. The molecule has 0 bridgehead atoms. The van der Waals surface area contributed by atoms with E-state index in [4.69, 9.17) is 4.74 Å². The highest BCUT2D eigenvalue weighted by molar-refractivity contribution is 7.99. The van der Waals surface area contributed by atoms with Gasteiger partial charge in [0.25, 0.3) is 0 Å². The molecule has 0 saturated heterocycles. The Balaban J connectivity index is 1.80. The Morgan fingerprint density at radius 1 is 1.35 bits per heavy atom. The quantitative estimate of drug-likeness (QED) is 0.552. The fraction of sp³-hybridized carbons (Fsp3) is 0.467. The third-order valence-corrected chi connectivity index (χ3v) is 4.12. The number of thioether (sulfide) groups is 1. The second-order valence-electron chi connectivity index (χ2n) is 4.79. The van der Waals surface area contributed by atoms with E-state index in [1.807, 2.05) is 30.7 Å². The van der Waals surface area contributed by atoms with Crippen molar-refractivity contribution in [2.75, 3.05) is 25.5 Å². The standard InChI is InChI=1S/C15H21N5O2S/c1-3-22-10-4-7-17-13(21)11-23-15-19-18-14(20(15)2)12-5-8-16-9-6-12/h5-6,8-9H,3-4,7,10-11H2,1-2H3,(H,17,21). The molecule has 1 amide bonds. The summed E-state index contributed by atoms with van der Waals surface area (Å²) >= 11 is 1.37. The summed E-state index contributed by atoms with van der Waals surface area (Å²) < 4.78 is 7.10. The van der Waals surface area contributed by atoms with Crippen LogP contribution in [0.3, 0.4) is 0 Å². The van der Waals surface area contributed by atoms with Crippen molar-refractivity contribution in [2.45, 2.75) is 18.5 Å². The molecule has 8 heteroatoms. The molecule has 7 nitrogen and oxygen atoms in total. The van der Waals surface area contributed by atoms with Crippen molar-refractivity contribution in [1.82, 2.24) is 25.1 Å². The zero-order valence-electron chi connectivity index (χ0n) is 13.4. The van der Waals surface area contributed by atoms with Gasteiger partial charge in [-0.2, -0.15) is 0 Å². The average Bonchev–Trinajstić information content (AvgIpc) is 2.94. The van der Waals surface area contributed by atoms with Gasteiger partial charge in [0.2, 0.25) is 5.91 Å².